The number of esters is 1. The lowest BCUT2D eigenvalue weighted by molar-refractivity contribution is -0.237. The smallest absolute Gasteiger partial charge is 0.310 e. The lowest BCUT2D eigenvalue weighted by atomic mass is 9.33. The molecule has 8 rings (SSSR count). The van der Waals surface area contributed by atoms with Gasteiger partial charge in [-0.2, -0.15) is 0 Å². The van der Waals surface area contributed by atoms with E-state index in [9.17, 15) is 14.4 Å². The van der Waals surface area contributed by atoms with Crippen molar-refractivity contribution in [3.63, 3.8) is 0 Å². The molecule has 0 saturated heterocycles. The summed E-state index contributed by atoms with van der Waals surface area (Å²) in [7, 11) is 0. The number of carbonyl (C=O) groups is 4. The van der Waals surface area contributed by atoms with Gasteiger partial charge in [-0.1, -0.05) is 86.0 Å². The van der Waals surface area contributed by atoms with Crippen molar-refractivity contribution in [2.45, 2.75) is 158 Å². The van der Waals surface area contributed by atoms with Crippen molar-refractivity contribution in [3.8, 4) is 11.3 Å². The Balaban J connectivity index is 1.05. The van der Waals surface area contributed by atoms with E-state index in [0.717, 1.165) is 67.3 Å². The number of hydrogen-bond acceptors (Lipinski definition) is 7. The number of fused-ring (bicyclic) bond motifs is 7. The Morgan fingerprint density at radius 2 is 1.60 bits per heavy atom. The van der Waals surface area contributed by atoms with E-state index in [4.69, 9.17) is 26.1 Å². The Morgan fingerprint density at radius 1 is 0.900 bits per heavy atom. The van der Waals surface area contributed by atoms with Crippen LogP contribution in [0, 0.1) is 62.1 Å². The molecular weight excluding hydrogens is 774 g/mol. The van der Waals surface area contributed by atoms with Gasteiger partial charge in [0.1, 0.15) is 18.0 Å². The molecule has 10 heteroatoms. The number of halogens is 1. The van der Waals surface area contributed by atoms with Gasteiger partial charge in [0.25, 0.3) is 6.47 Å². The average Bonchev–Trinajstić information content (AvgIpc) is 3.79. The van der Waals surface area contributed by atoms with Crippen LogP contribution in [0.15, 0.2) is 41.6 Å². The van der Waals surface area contributed by atoms with Gasteiger partial charge in [-0.25, -0.2) is 4.98 Å². The molecule has 0 aliphatic heterocycles. The topological polar surface area (TPSA) is 127 Å². The number of hydrogen-bond donors (Lipinski definition) is 2. The summed E-state index contributed by atoms with van der Waals surface area (Å²) >= 11 is 6.15. The molecular formula is C50H68ClN3O6. The quantitative estimate of drug-likeness (QED) is 0.190. The van der Waals surface area contributed by atoms with Crippen molar-refractivity contribution in [2.75, 3.05) is 0 Å². The molecule has 10 atom stereocenters. The van der Waals surface area contributed by atoms with Crippen LogP contribution in [0.3, 0.4) is 0 Å². The number of amides is 1. The standard InChI is InChI=1S/C50H68ClN3O6/c1-28(2)39-34(56)25-50(43(58)54-46(7,8)42-52-26-33(53-42)29-12-14-30(51)15-13-29)23-22-48(10)31(40(39)50)16-17-36-47(9)20-19-37(45(5,6)35(47)18-21-49(36,48)11)60-41(57)32-24-38(59-27-55)44(32,3)4/h12-15,26-28,31-32,35-38H,16-25H2,1-11H3,(H,52,53)(H,54,58)/t31-,32-,35+,36-,37+,38-,47+,48-,49-,50?/m1/s1. The van der Waals surface area contributed by atoms with Crippen LogP contribution in [0.2, 0.25) is 5.02 Å². The molecule has 1 aromatic carbocycles. The van der Waals surface area contributed by atoms with Crippen LogP contribution in [0.1, 0.15) is 146 Å². The molecule has 5 saturated carbocycles. The molecule has 5 fully saturated rings. The molecule has 1 aromatic heterocycles. The van der Waals surface area contributed by atoms with Crippen molar-refractivity contribution in [1.82, 2.24) is 15.3 Å². The molecule has 0 bridgehead atoms. The van der Waals surface area contributed by atoms with E-state index in [1.165, 1.54) is 0 Å². The number of H-pyrrole nitrogens is 1. The van der Waals surface area contributed by atoms with Crippen molar-refractivity contribution in [1.29, 1.82) is 0 Å². The van der Waals surface area contributed by atoms with Crippen LogP contribution < -0.4 is 5.32 Å². The lowest BCUT2D eigenvalue weighted by Crippen LogP contribution is -2.66. The van der Waals surface area contributed by atoms with Gasteiger partial charge in [-0.05, 0) is 140 Å². The van der Waals surface area contributed by atoms with Crippen molar-refractivity contribution in [2.24, 2.45) is 62.1 Å². The summed E-state index contributed by atoms with van der Waals surface area (Å²) in [5.41, 5.74) is 1.43. The van der Waals surface area contributed by atoms with Gasteiger partial charge >= 0.3 is 5.97 Å². The van der Waals surface area contributed by atoms with Crippen LogP contribution in [0.25, 0.3) is 11.3 Å². The summed E-state index contributed by atoms with van der Waals surface area (Å²) in [4.78, 5) is 62.4. The highest BCUT2D eigenvalue weighted by Crippen LogP contribution is 2.77. The fourth-order valence-corrected chi connectivity index (χ4v) is 14.9. The van der Waals surface area contributed by atoms with E-state index in [-0.39, 0.29) is 75.7 Å². The number of rotatable bonds is 9. The molecule has 6 aliphatic rings. The van der Waals surface area contributed by atoms with Gasteiger partial charge in [0.15, 0.2) is 5.78 Å². The van der Waals surface area contributed by atoms with Crippen LogP contribution in [-0.4, -0.2) is 46.3 Å². The van der Waals surface area contributed by atoms with Crippen molar-refractivity contribution < 1.29 is 28.7 Å². The number of ketones is 1. The molecule has 2 aromatic rings. The minimum absolute atomic E-state index is 0.000816. The molecule has 6 aliphatic carbocycles. The van der Waals surface area contributed by atoms with Crippen LogP contribution in [-0.2, 0) is 34.2 Å². The van der Waals surface area contributed by atoms with Gasteiger partial charge in [-0.15, -0.1) is 0 Å². The Morgan fingerprint density at radius 3 is 2.25 bits per heavy atom. The highest BCUT2D eigenvalue weighted by Gasteiger charge is 2.71. The maximum atomic E-state index is 15.1. The largest absolute Gasteiger partial charge is 0.464 e. The minimum atomic E-state index is -0.883. The first kappa shape index (κ1) is 43.2. The molecule has 9 nitrogen and oxygen atoms in total. The fraction of sp³-hybridized carbons (Fsp3) is 0.700. The zero-order valence-corrected chi connectivity index (χ0v) is 38.6. The van der Waals surface area contributed by atoms with Gasteiger partial charge in [-0.3, -0.25) is 19.2 Å². The maximum absolute atomic E-state index is 15.1. The Kier molecular flexibility index (Phi) is 10.3. The number of aromatic amines is 1. The fourth-order valence-electron chi connectivity index (χ4n) is 14.8. The number of allylic oxidation sites excluding steroid dienone is 1. The highest BCUT2D eigenvalue weighted by atomic mass is 35.5. The third-order valence-electron chi connectivity index (χ3n) is 18.5. The molecule has 1 heterocycles. The molecule has 0 radical (unpaired) electrons. The predicted octanol–water partition coefficient (Wildman–Crippen LogP) is 10.6. The van der Waals surface area contributed by atoms with Gasteiger partial charge in [0, 0.05) is 22.3 Å². The summed E-state index contributed by atoms with van der Waals surface area (Å²) in [6.07, 6.45) is 9.58. The molecule has 1 amide bonds. The third-order valence-corrected chi connectivity index (χ3v) is 18.7. The number of Topliss-reactive ketones (excluding diaryl/α,β-unsaturated/α-hetero) is 1. The first-order chi connectivity index (χ1) is 28.0. The summed E-state index contributed by atoms with van der Waals surface area (Å²) in [5.74, 6) is 1.28. The van der Waals surface area contributed by atoms with Crippen LogP contribution in [0.5, 0.6) is 0 Å². The average molecular weight is 843 g/mol. The number of ether oxygens (including phenoxy) is 2. The van der Waals surface area contributed by atoms with Gasteiger partial charge in [0.2, 0.25) is 5.91 Å². The molecule has 0 spiro atoms. The molecule has 2 N–H and O–H groups in total. The van der Waals surface area contributed by atoms with E-state index >= 15 is 4.79 Å². The van der Waals surface area contributed by atoms with E-state index in [1.54, 1.807) is 6.20 Å². The minimum Gasteiger partial charge on any atom is -0.464 e. The Bertz CT molecular complexity index is 2120. The first-order valence-electron chi connectivity index (χ1n) is 22.7. The summed E-state index contributed by atoms with van der Waals surface area (Å²) in [6, 6.07) is 7.60. The Hall–Kier alpha value is -3.46. The monoisotopic (exact) mass is 841 g/mol. The zero-order valence-electron chi connectivity index (χ0n) is 37.9. The lowest BCUT2D eigenvalue weighted by Gasteiger charge is -2.72. The number of carbonyl (C=O) groups excluding carboxylic acids is 4. The molecule has 326 valence electrons. The number of imidazole rings is 1. The van der Waals surface area contributed by atoms with Crippen molar-refractivity contribution >= 4 is 35.7 Å². The normalized spacial score (nSPS) is 37.9. The van der Waals surface area contributed by atoms with E-state index in [1.807, 2.05) is 52.0 Å². The van der Waals surface area contributed by atoms with Crippen LogP contribution in [0.4, 0.5) is 0 Å². The van der Waals surface area contributed by atoms with E-state index < -0.39 is 16.4 Å². The van der Waals surface area contributed by atoms with Crippen molar-refractivity contribution in [3.05, 3.63) is 52.5 Å². The number of benzene rings is 1. The second-order valence-corrected chi connectivity index (χ2v) is 23.1. The Labute approximate surface area is 362 Å². The van der Waals surface area contributed by atoms with Crippen LogP contribution >= 0.6 is 11.6 Å². The second kappa shape index (κ2) is 14.3. The number of nitrogens with zero attached hydrogens (tertiary/aromatic N) is 1. The van der Waals surface area contributed by atoms with E-state index in [0.29, 0.717) is 42.0 Å². The maximum Gasteiger partial charge on any atom is 0.310 e. The number of nitrogens with one attached hydrogen (secondary N) is 2. The molecule has 60 heavy (non-hydrogen) atoms. The number of aromatic nitrogens is 2. The third kappa shape index (κ3) is 6.14. The second-order valence-electron chi connectivity index (χ2n) is 22.6. The van der Waals surface area contributed by atoms with Gasteiger partial charge in [0.05, 0.1) is 28.8 Å². The van der Waals surface area contributed by atoms with E-state index in [2.05, 4.69) is 58.8 Å². The summed E-state index contributed by atoms with van der Waals surface area (Å²) < 4.78 is 11.8. The summed E-state index contributed by atoms with van der Waals surface area (Å²) in [6.45, 7) is 24.9. The summed E-state index contributed by atoms with van der Waals surface area (Å²) in [5, 5.41) is 4.10. The predicted molar refractivity (Wildman–Crippen MR) is 232 cm³/mol. The molecule has 1 unspecified atom stereocenters. The SMILES string of the molecule is CC(C)C1=C2[C@H]3CC[C@@H]4[C@@]5(C)CC[C@H](OC(=O)[C@H]6C[C@@H](OC=O)C6(C)C)C(C)(C)[C@@H]5CC[C@@]4(C)[C@]3(C)CCC2(C(=O)NC(C)(C)c2ncc(-c3ccc(Cl)cc3)[nH]2)CC1=O. The highest BCUT2D eigenvalue weighted by molar-refractivity contribution is 6.30. The first-order valence-corrected chi connectivity index (χ1v) is 23.1. The zero-order chi connectivity index (χ0) is 43.6. The van der Waals surface area contributed by atoms with Gasteiger partial charge < -0.3 is 19.8 Å².